The van der Waals surface area contributed by atoms with Crippen molar-refractivity contribution in [2.24, 2.45) is 0 Å². The molecule has 0 fully saturated rings. The average molecular weight is 338 g/mol. The number of hydrogen-bond donors (Lipinski definition) is 0. The number of carboxylic acid groups (broad SMARTS) is 3. The van der Waals surface area contributed by atoms with Crippen molar-refractivity contribution in [3.8, 4) is 0 Å². The van der Waals surface area contributed by atoms with E-state index in [1.807, 2.05) is 0 Å². The summed E-state index contributed by atoms with van der Waals surface area (Å²) in [7, 11) is 0. The Hall–Kier alpha value is -0.646. The molecule has 10 nitrogen and oxygen atoms in total. The number of hydrogen-bond acceptors (Lipinski definition) is 6. The molecule has 0 saturated heterocycles. The van der Waals surface area contributed by atoms with Crippen LogP contribution in [0, 0.1) is 0 Å². The van der Waals surface area contributed by atoms with Crippen LogP contribution in [0.15, 0.2) is 0 Å². The first-order valence-corrected chi connectivity index (χ1v) is 2.72. The van der Waals surface area contributed by atoms with E-state index in [-0.39, 0.29) is 54.6 Å². The third kappa shape index (κ3) is 6560. The molecule has 0 radical (unpaired) electrons. The first kappa shape index (κ1) is 55.2. The number of carbonyl (C=O) groups excluding carboxylic acids is 3. The monoisotopic (exact) mass is 338 g/mol. The molecule has 0 amide bonds. The van der Waals surface area contributed by atoms with Crippen molar-refractivity contribution in [2.45, 2.75) is 20.8 Å². The van der Waals surface area contributed by atoms with Crippen LogP contribution < -0.4 is 15.3 Å². The van der Waals surface area contributed by atoms with E-state index >= 15 is 0 Å². The van der Waals surface area contributed by atoms with E-state index in [2.05, 4.69) is 0 Å². The Labute approximate surface area is 123 Å². The first-order valence-electron chi connectivity index (χ1n) is 2.72. The minimum absolute atomic E-state index is 0. The van der Waals surface area contributed by atoms with Gasteiger partial charge in [0.1, 0.15) is 0 Å². The Balaban J connectivity index is -0.0000000104. The molecule has 0 aromatic heterocycles. The van der Waals surface area contributed by atoms with Crippen LogP contribution in [0.25, 0.3) is 0 Å². The van der Waals surface area contributed by atoms with Gasteiger partial charge in [-0.1, -0.05) is 0 Å². The molecule has 17 heavy (non-hydrogen) atoms. The van der Waals surface area contributed by atoms with Crippen LogP contribution in [0.3, 0.4) is 0 Å². The third-order valence-corrected chi connectivity index (χ3v) is 0. The van der Waals surface area contributed by atoms with Gasteiger partial charge < -0.3 is 51.6 Å². The molecule has 11 heteroatoms. The number of carbonyl (C=O) groups is 3. The Bertz CT molecular complexity index is 118. The Morgan fingerprint density at radius 3 is 0.588 bits per heavy atom. The van der Waals surface area contributed by atoms with E-state index < -0.39 is 17.9 Å². The van der Waals surface area contributed by atoms with Gasteiger partial charge in [0.2, 0.25) is 0 Å². The topological polar surface area (TPSA) is 246 Å². The minimum atomic E-state index is -1.08. The Morgan fingerprint density at radius 1 is 0.588 bits per heavy atom. The van der Waals surface area contributed by atoms with E-state index in [4.69, 9.17) is 29.7 Å². The zero-order valence-electron chi connectivity index (χ0n) is 9.53. The summed E-state index contributed by atoms with van der Waals surface area (Å²) in [6.45, 7) is 2.92. The van der Waals surface area contributed by atoms with E-state index in [1.54, 1.807) is 0 Å². The number of rotatable bonds is 0. The molecule has 0 aromatic carbocycles. The maximum absolute atomic E-state index is 8.89. The van der Waals surface area contributed by atoms with Crippen LogP contribution in [-0.4, -0.2) is 39.8 Å². The maximum Gasteiger partial charge on any atom is 3.00 e. The second kappa shape index (κ2) is 45.3. The Kier molecular flexibility index (Phi) is 147. The van der Waals surface area contributed by atoms with E-state index in [1.165, 1.54) is 0 Å². The molecule has 0 aromatic rings. The number of aliphatic carboxylic acids is 3. The standard InChI is InChI=1S/3C2H4O2.4H2O.Y/c3*1-2(3)4;;;;;/h3*1H3,(H,3,4);4*1H2;/q;;;;;;;+3/p-3. The fourth-order valence-electron chi connectivity index (χ4n) is 0. The second-order valence-corrected chi connectivity index (χ2v) is 1.47. The van der Waals surface area contributed by atoms with Crippen molar-refractivity contribution in [3.63, 3.8) is 0 Å². The van der Waals surface area contributed by atoms with Gasteiger partial charge in [-0.05, 0) is 20.8 Å². The van der Waals surface area contributed by atoms with Crippen LogP contribution in [0.4, 0.5) is 0 Å². The van der Waals surface area contributed by atoms with Crippen LogP contribution in [0.5, 0.6) is 0 Å². The molecule has 0 aliphatic rings. The van der Waals surface area contributed by atoms with Crippen molar-refractivity contribution in [3.05, 3.63) is 0 Å². The van der Waals surface area contributed by atoms with Gasteiger partial charge >= 0.3 is 32.7 Å². The average Bonchev–Trinajstić information content (AvgIpc) is 1.54. The number of carboxylic acids is 3. The molecule has 8 N–H and O–H groups in total. The van der Waals surface area contributed by atoms with Gasteiger partial charge in [0, 0.05) is 17.9 Å². The van der Waals surface area contributed by atoms with Gasteiger partial charge in [0.25, 0.3) is 0 Å². The predicted molar refractivity (Wildman–Crippen MR) is 46.5 cm³/mol. The largest absolute Gasteiger partial charge is 3.00 e. The van der Waals surface area contributed by atoms with Crippen LogP contribution in [-0.2, 0) is 47.1 Å². The second-order valence-electron chi connectivity index (χ2n) is 1.47. The predicted octanol–water partition coefficient (Wildman–Crippen LogP) is -7.03. The molecule has 0 atom stereocenters. The first-order chi connectivity index (χ1) is 5.20. The molecule has 0 saturated carbocycles. The van der Waals surface area contributed by atoms with Crippen molar-refractivity contribution in [1.29, 1.82) is 0 Å². The van der Waals surface area contributed by atoms with Gasteiger partial charge in [-0.3, -0.25) is 0 Å². The van der Waals surface area contributed by atoms with Crippen LogP contribution in [0.2, 0.25) is 0 Å². The fourth-order valence-corrected chi connectivity index (χ4v) is 0. The quantitative estimate of drug-likeness (QED) is 0.414. The van der Waals surface area contributed by atoms with Crippen LogP contribution >= 0.6 is 0 Å². The maximum atomic E-state index is 8.89. The summed E-state index contributed by atoms with van der Waals surface area (Å²) >= 11 is 0. The summed E-state index contributed by atoms with van der Waals surface area (Å²) < 4.78 is 0. The Morgan fingerprint density at radius 2 is 0.588 bits per heavy atom. The summed E-state index contributed by atoms with van der Waals surface area (Å²) in [6.07, 6.45) is 0. The SMILES string of the molecule is CC(=O)[O-].CC(=O)[O-].CC(=O)[O-].O.O.O.O.[Y+3]. The zero-order valence-corrected chi connectivity index (χ0v) is 12.4. The summed E-state index contributed by atoms with van der Waals surface area (Å²) in [5, 5.41) is 26.7. The van der Waals surface area contributed by atoms with Gasteiger partial charge in [-0.2, -0.15) is 0 Å². The van der Waals surface area contributed by atoms with Crippen molar-refractivity contribution in [2.75, 3.05) is 0 Å². The molecular formula is C6H17O10Y. The smallest absolute Gasteiger partial charge is 0.550 e. The van der Waals surface area contributed by atoms with Gasteiger partial charge in [0.05, 0.1) is 0 Å². The third-order valence-electron chi connectivity index (χ3n) is 0. The normalized spacial score (nSPS) is 4.41. The zero-order chi connectivity index (χ0) is 10.7. The van der Waals surface area contributed by atoms with Crippen molar-refractivity contribution < 1.29 is 84.3 Å². The summed E-state index contributed by atoms with van der Waals surface area (Å²) in [5.74, 6) is -3.25. The van der Waals surface area contributed by atoms with E-state index in [0.717, 1.165) is 20.8 Å². The molecule has 104 valence electrons. The molecule has 0 aliphatic carbocycles. The van der Waals surface area contributed by atoms with Gasteiger partial charge in [-0.25, -0.2) is 0 Å². The minimum Gasteiger partial charge on any atom is -0.550 e. The van der Waals surface area contributed by atoms with Gasteiger partial charge in [0.15, 0.2) is 0 Å². The van der Waals surface area contributed by atoms with E-state index in [0.29, 0.717) is 0 Å². The van der Waals surface area contributed by atoms with Crippen LogP contribution in [0.1, 0.15) is 20.8 Å². The summed E-state index contributed by atoms with van der Waals surface area (Å²) in [6, 6.07) is 0. The summed E-state index contributed by atoms with van der Waals surface area (Å²) in [5.41, 5.74) is 0. The van der Waals surface area contributed by atoms with E-state index in [9.17, 15) is 0 Å². The molecule has 0 unspecified atom stereocenters. The van der Waals surface area contributed by atoms with Crippen molar-refractivity contribution >= 4 is 17.9 Å². The van der Waals surface area contributed by atoms with Gasteiger partial charge in [-0.15, -0.1) is 0 Å². The summed E-state index contributed by atoms with van der Waals surface area (Å²) in [4.78, 5) is 26.7. The fraction of sp³-hybridized carbons (Fsp3) is 0.500. The molecule has 0 spiro atoms. The molecule has 0 bridgehead atoms. The molecular weight excluding hydrogens is 321 g/mol. The van der Waals surface area contributed by atoms with Crippen molar-refractivity contribution in [1.82, 2.24) is 0 Å². The molecule has 0 heterocycles. The molecule has 0 aliphatic heterocycles. The molecule has 0 rings (SSSR count).